The molecule has 0 aromatic heterocycles. The molecule has 2 aromatic carbocycles. The van der Waals surface area contributed by atoms with Crippen molar-refractivity contribution in [3.05, 3.63) is 54.1 Å². The first-order valence-corrected chi connectivity index (χ1v) is 7.51. The van der Waals surface area contributed by atoms with Gasteiger partial charge in [-0.05, 0) is 50.2 Å². The number of aryl methyl sites for hydroxylation is 1. The largest absolute Gasteiger partial charge is 0.497 e. The zero-order valence-corrected chi connectivity index (χ0v) is 13.7. The van der Waals surface area contributed by atoms with Crippen LogP contribution >= 0.6 is 0 Å². The van der Waals surface area contributed by atoms with Gasteiger partial charge in [0.1, 0.15) is 17.6 Å². The summed E-state index contributed by atoms with van der Waals surface area (Å²) in [4.78, 5) is 4.30. The number of guanidine groups is 1. The Balaban J connectivity index is 1.84. The minimum Gasteiger partial charge on any atom is -0.497 e. The molecule has 2 aromatic rings. The predicted molar refractivity (Wildman–Crippen MR) is 94.4 cm³/mol. The molecule has 0 aliphatic heterocycles. The molecule has 0 amide bonds. The van der Waals surface area contributed by atoms with E-state index in [0.717, 1.165) is 17.2 Å². The fourth-order valence-electron chi connectivity index (χ4n) is 1.98. The molecule has 0 saturated heterocycles. The van der Waals surface area contributed by atoms with Crippen LogP contribution in [0.1, 0.15) is 12.5 Å². The lowest BCUT2D eigenvalue weighted by atomic mass is 10.2. The Kier molecular flexibility index (Phi) is 5.86. The second-order valence-electron chi connectivity index (χ2n) is 5.32. The number of aliphatic imine (C=N–C) groups is 1. The average molecular weight is 313 g/mol. The topological polar surface area (TPSA) is 68.9 Å². The lowest BCUT2D eigenvalue weighted by Crippen LogP contribution is -2.25. The summed E-state index contributed by atoms with van der Waals surface area (Å²) in [5.41, 5.74) is 7.95. The van der Waals surface area contributed by atoms with Crippen LogP contribution in [0.15, 0.2) is 53.5 Å². The molecule has 0 bridgehead atoms. The minimum atomic E-state index is -0.0612. The molecule has 0 fully saturated rings. The molecular weight excluding hydrogens is 290 g/mol. The lowest BCUT2D eigenvalue weighted by Gasteiger charge is -2.13. The van der Waals surface area contributed by atoms with Gasteiger partial charge in [0.2, 0.25) is 0 Å². The Morgan fingerprint density at radius 3 is 2.30 bits per heavy atom. The quantitative estimate of drug-likeness (QED) is 0.635. The Hall–Kier alpha value is -2.69. The molecule has 0 heterocycles. The van der Waals surface area contributed by atoms with E-state index in [4.69, 9.17) is 15.2 Å². The molecule has 0 spiro atoms. The third-order valence-electron chi connectivity index (χ3n) is 3.24. The number of ether oxygens (including phenoxy) is 2. The van der Waals surface area contributed by atoms with E-state index < -0.39 is 0 Å². The van der Waals surface area contributed by atoms with Crippen molar-refractivity contribution in [1.29, 1.82) is 0 Å². The van der Waals surface area contributed by atoms with Gasteiger partial charge >= 0.3 is 0 Å². The number of benzene rings is 2. The Morgan fingerprint density at radius 2 is 1.70 bits per heavy atom. The zero-order valence-electron chi connectivity index (χ0n) is 13.7. The van der Waals surface area contributed by atoms with E-state index in [1.165, 1.54) is 5.56 Å². The number of nitrogens with two attached hydrogens (primary N) is 1. The zero-order chi connectivity index (χ0) is 16.7. The van der Waals surface area contributed by atoms with Crippen LogP contribution < -0.4 is 20.5 Å². The Labute approximate surface area is 137 Å². The van der Waals surface area contributed by atoms with Crippen LogP contribution in [-0.2, 0) is 0 Å². The van der Waals surface area contributed by atoms with E-state index in [2.05, 4.69) is 10.3 Å². The van der Waals surface area contributed by atoms with Crippen LogP contribution in [0.2, 0.25) is 0 Å². The van der Waals surface area contributed by atoms with Gasteiger partial charge in [0.25, 0.3) is 0 Å². The number of hydrogen-bond donors (Lipinski definition) is 2. The lowest BCUT2D eigenvalue weighted by molar-refractivity contribution is 0.230. The van der Waals surface area contributed by atoms with Gasteiger partial charge in [-0.25, -0.2) is 4.99 Å². The summed E-state index contributed by atoms with van der Waals surface area (Å²) in [6, 6.07) is 15.4. The van der Waals surface area contributed by atoms with Crippen molar-refractivity contribution in [1.82, 2.24) is 0 Å². The molecule has 3 N–H and O–H groups in total. The summed E-state index contributed by atoms with van der Waals surface area (Å²) < 4.78 is 10.9. The maximum Gasteiger partial charge on any atom is 0.193 e. The predicted octanol–water partition coefficient (Wildman–Crippen LogP) is 3.20. The summed E-state index contributed by atoms with van der Waals surface area (Å²) in [5, 5.41) is 3.04. The summed E-state index contributed by atoms with van der Waals surface area (Å²) in [6.07, 6.45) is -0.0612. The minimum absolute atomic E-state index is 0.0612. The molecule has 0 saturated carbocycles. The van der Waals surface area contributed by atoms with Crippen molar-refractivity contribution in [2.45, 2.75) is 20.0 Å². The summed E-state index contributed by atoms with van der Waals surface area (Å²) >= 11 is 0. The van der Waals surface area contributed by atoms with Crippen LogP contribution in [0, 0.1) is 6.92 Å². The molecule has 5 nitrogen and oxygen atoms in total. The SMILES string of the molecule is COc1ccc(NC(N)=NCC(C)Oc2ccc(C)cc2)cc1. The number of hydrogen-bond acceptors (Lipinski definition) is 3. The van der Waals surface area contributed by atoms with Gasteiger partial charge in [0.15, 0.2) is 5.96 Å². The van der Waals surface area contributed by atoms with Gasteiger partial charge < -0.3 is 20.5 Å². The van der Waals surface area contributed by atoms with Crippen LogP contribution in [0.4, 0.5) is 5.69 Å². The third kappa shape index (κ3) is 5.54. The number of nitrogens with one attached hydrogen (secondary N) is 1. The van der Waals surface area contributed by atoms with E-state index >= 15 is 0 Å². The first kappa shape index (κ1) is 16.7. The average Bonchev–Trinajstić information content (AvgIpc) is 2.56. The second kappa shape index (κ2) is 8.08. The van der Waals surface area contributed by atoms with Crippen molar-refractivity contribution < 1.29 is 9.47 Å². The van der Waals surface area contributed by atoms with E-state index in [-0.39, 0.29) is 6.10 Å². The van der Waals surface area contributed by atoms with Gasteiger partial charge in [-0.15, -0.1) is 0 Å². The van der Waals surface area contributed by atoms with Crippen molar-refractivity contribution in [2.75, 3.05) is 19.0 Å². The van der Waals surface area contributed by atoms with Crippen LogP contribution in [0.5, 0.6) is 11.5 Å². The molecule has 23 heavy (non-hydrogen) atoms. The molecule has 5 heteroatoms. The van der Waals surface area contributed by atoms with E-state index in [1.807, 2.05) is 62.4 Å². The molecule has 1 unspecified atom stereocenters. The monoisotopic (exact) mass is 313 g/mol. The van der Waals surface area contributed by atoms with Crippen LogP contribution in [-0.4, -0.2) is 25.7 Å². The number of rotatable bonds is 6. The first-order valence-electron chi connectivity index (χ1n) is 7.51. The highest BCUT2D eigenvalue weighted by molar-refractivity contribution is 5.92. The Bertz CT molecular complexity index is 636. The van der Waals surface area contributed by atoms with Gasteiger partial charge in [-0.3, -0.25) is 0 Å². The molecule has 122 valence electrons. The molecule has 0 radical (unpaired) electrons. The maximum atomic E-state index is 5.89. The van der Waals surface area contributed by atoms with Gasteiger partial charge in [0.05, 0.1) is 13.7 Å². The third-order valence-corrected chi connectivity index (χ3v) is 3.24. The van der Waals surface area contributed by atoms with Crippen LogP contribution in [0.25, 0.3) is 0 Å². The Morgan fingerprint density at radius 1 is 1.09 bits per heavy atom. The van der Waals surface area contributed by atoms with E-state index in [1.54, 1.807) is 7.11 Å². The number of nitrogens with zero attached hydrogens (tertiary/aromatic N) is 1. The summed E-state index contributed by atoms with van der Waals surface area (Å²) in [6.45, 7) is 4.48. The maximum absolute atomic E-state index is 5.89. The van der Waals surface area contributed by atoms with E-state index in [0.29, 0.717) is 12.5 Å². The molecular formula is C18H23N3O2. The second-order valence-corrected chi connectivity index (χ2v) is 5.32. The highest BCUT2D eigenvalue weighted by atomic mass is 16.5. The molecule has 0 aliphatic carbocycles. The summed E-state index contributed by atoms with van der Waals surface area (Å²) in [5.74, 6) is 1.99. The number of anilines is 1. The first-order chi connectivity index (χ1) is 11.1. The highest BCUT2D eigenvalue weighted by Gasteiger charge is 2.04. The highest BCUT2D eigenvalue weighted by Crippen LogP contribution is 2.15. The smallest absolute Gasteiger partial charge is 0.193 e. The van der Waals surface area contributed by atoms with Gasteiger partial charge in [-0.2, -0.15) is 0 Å². The standard InChI is InChI=1S/C18H23N3O2/c1-13-4-8-17(9-5-13)23-14(2)12-20-18(19)21-15-6-10-16(22-3)11-7-15/h4-11,14H,12H2,1-3H3,(H3,19,20,21). The van der Waals surface area contributed by atoms with Crippen molar-refractivity contribution in [3.63, 3.8) is 0 Å². The molecule has 0 aliphatic rings. The van der Waals surface area contributed by atoms with Crippen molar-refractivity contribution in [3.8, 4) is 11.5 Å². The van der Waals surface area contributed by atoms with E-state index in [9.17, 15) is 0 Å². The van der Waals surface area contributed by atoms with Crippen molar-refractivity contribution in [2.24, 2.45) is 10.7 Å². The fourth-order valence-corrected chi connectivity index (χ4v) is 1.98. The summed E-state index contributed by atoms with van der Waals surface area (Å²) in [7, 11) is 1.63. The van der Waals surface area contributed by atoms with Crippen LogP contribution in [0.3, 0.4) is 0 Å². The number of methoxy groups -OCH3 is 1. The fraction of sp³-hybridized carbons (Fsp3) is 0.278. The normalized spacial score (nSPS) is 12.6. The van der Waals surface area contributed by atoms with Crippen molar-refractivity contribution >= 4 is 11.6 Å². The van der Waals surface area contributed by atoms with Gasteiger partial charge in [0, 0.05) is 5.69 Å². The molecule has 2 rings (SSSR count). The molecule has 1 atom stereocenters. The van der Waals surface area contributed by atoms with Gasteiger partial charge in [-0.1, -0.05) is 17.7 Å².